The van der Waals surface area contributed by atoms with Crippen molar-refractivity contribution in [3.63, 3.8) is 0 Å². The summed E-state index contributed by atoms with van der Waals surface area (Å²) < 4.78 is 7.51. The van der Waals surface area contributed by atoms with E-state index in [-0.39, 0.29) is 17.9 Å². The molecule has 1 atom stereocenters. The predicted octanol–water partition coefficient (Wildman–Crippen LogP) is 4.68. The van der Waals surface area contributed by atoms with Crippen LogP contribution in [0.15, 0.2) is 22.8 Å². The number of hydrogen-bond acceptors (Lipinski definition) is 4. The van der Waals surface area contributed by atoms with E-state index in [0.717, 1.165) is 61.5 Å². The van der Waals surface area contributed by atoms with Crippen LogP contribution >= 0.6 is 11.8 Å². The maximum Gasteiger partial charge on any atom is 0.271 e. The zero-order valence-corrected chi connectivity index (χ0v) is 19.8. The Morgan fingerprint density at radius 3 is 2.81 bits per heavy atom. The van der Waals surface area contributed by atoms with Crippen LogP contribution in [0.5, 0.6) is 0 Å². The highest BCUT2D eigenvalue weighted by atomic mass is 32.2. The summed E-state index contributed by atoms with van der Waals surface area (Å²) in [6, 6.07) is 3.90. The molecule has 0 aromatic carbocycles. The molecule has 1 aliphatic carbocycles. The van der Waals surface area contributed by atoms with Crippen LogP contribution in [0.1, 0.15) is 69.8 Å². The van der Waals surface area contributed by atoms with Gasteiger partial charge in [0.2, 0.25) is 5.91 Å². The summed E-state index contributed by atoms with van der Waals surface area (Å²) >= 11 is 1.91. The summed E-state index contributed by atoms with van der Waals surface area (Å²) in [5.41, 5.74) is 1.29. The van der Waals surface area contributed by atoms with Crippen LogP contribution in [-0.4, -0.2) is 50.9 Å². The Balaban J connectivity index is 1.57. The fourth-order valence-corrected chi connectivity index (χ4v) is 5.77. The zero-order chi connectivity index (χ0) is 22.0. The lowest BCUT2D eigenvalue weighted by Crippen LogP contribution is -2.65. The number of thioether (sulfide) groups is 1. The molecule has 1 aliphatic heterocycles. The van der Waals surface area contributed by atoms with Gasteiger partial charge >= 0.3 is 0 Å². The second-order valence-electron chi connectivity index (χ2n) is 9.41. The van der Waals surface area contributed by atoms with Gasteiger partial charge in [-0.15, -0.1) is 0 Å². The van der Waals surface area contributed by atoms with Gasteiger partial charge in [0, 0.05) is 24.7 Å². The molecule has 2 aliphatic rings. The van der Waals surface area contributed by atoms with Crippen LogP contribution in [0.25, 0.3) is 11.1 Å². The van der Waals surface area contributed by atoms with Crippen molar-refractivity contribution in [2.45, 2.75) is 77.4 Å². The van der Waals surface area contributed by atoms with Crippen molar-refractivity contribution in [3.8, 4) is 0 Å². The summed E-state index contributed by atoms with van der Waals surface area (Å²) in [5, 5.41) is 3.30. The van der Waals surface area contributed by atoms with Gasteiger partial charge in [-0.3, -0.25) is 9.59 Å². The second kappa shape index (κ2) is 9.31. The van der Waals surface area contributed by atoms with E-state index >= 15 is 0 Å². The van der Waals surface area contributed by atoms with Crippen LogP contribution in [0, 0.1) is 5.92 Å². The highest BCUT2D eigenvalue weighted by Crippen LogP contribution is 2.33. The zero-order valence-electron chi connectivity index (χ0n) is 19.0. The molecule has 6 nitrogen and oxygen atoms in total. The first-order chi connectivity index (χ1) is 14.9. The highest BCUT2D eigenvalue weighted by Gasteiger charge is 2.48. The van der Waals surface area contributed by atoms with Gasteiger partial charge < -0.3 is 19.2 Å². The van der Waals surface area contributed by atoms with Gasteiger partial charge in [-0.25, -0.2) is 0 Å². The van der Waals surface area contributed by atoms with E-state index < -0.39 is 5.54 Å². The Morgan fingerprint density at radius 1 is 1.29 bits per heavy atom. The largest absolute Gasteiger partial charge is 0.463 e. The van der Waals surface area contributed by atoms with Crippen LogP contribution in [-0.2, 0) is 11.3 Å². The third-order valence-corrected chi connectivity index (χ3v) is 8.18. The molecule has 0 spiro atoms. The summed E-state index contributed by atoms with van der Waals surface area (Å²) in [6.07, 6.45) is 8.01. The van der Waals surface area contributed by atoms with Crippen molar-refractivity contribution in [1.29, 1.82) is 0 Å². The molecule has 0 unspecified atom stereocenters. The Morgan fingerprint density at radius 2 is 2.06 bits per heavy atom. The lowest BCUT2D eigenvalue weighted by atomic mass is 9.86. The molecular formula is C24H35N3O3S. The van der Waals surface area contributed by atoms with Crippen molar-refractivity contribution >= 4 is 34.7 Å². The van der Waals surface area contributed by atoms with E-state index in [1.54, 1.807) is 6.26 Å². The molecule has 2 aromatic rings. The fraction of sp³-hybridized carbons (Fsp3) is 0.667. The molecule has 1 N–H and O–H groups in total. The molecule has 0 bridgehead atoms. The third-order valence-electron chi connectivity index (χ3n) is 6.91. The molecule has 2 amide bonds. The van der Waals surface area contributed by atoms with Crippen molar-refractivity contribution in [1.82, 2.24) is 14.8 Å². The molecule has 1 saturated carbocycles. The van der Waals surface area contributed by atoms with Crippen molar-refractivity contribution in [2.75, 3.05) is 18.1 Å². The summed E-state index contributed by atoms with van der Waals surface area (Å²) in [6.45, 7) is 7.43. The second-order valence-corrected chi connectivity index (χ2v) is 10.6. The lowest BCUT2D eigenvalue weighted by molar-refractivity contribution is -0.133. The van der Waals surface area contributed by atoms with Gasteiger partial charge in [0.1, 0.15) is 11.2 Å². The van der Waals surface area contributed by atoms with E-state index in [0.29, 0.717) is 24.4 Å². The number of nitrogens with one attached hydrogen (secondary N) is 1. The maximum atomic E-state index is 13.6. The minimum absolute atomic E-state index is 0.0300. The SMILES string of the molecule is CCCSCCCN1C(=O)c2cc3occc3n2C[C@]1(C)C(=O)NC1CCC(C)CC1. The smallest absolute Gasteiger partial charge is 0.271 e. The molecule has 1 fully saturated rings. The monoisotopic (exact) mass is 445 g/mol. The number of amides is 2. The molecule has 31 heavy (non-hydrogen) atoms. The van der Waals surface area contributed by atoms with E-state index in [2.05, 4.69) is 19.2 Å². The van der Waals surface area contributed by atoms with Crippen molar-refractivity contribution < 1.29 is 14.0 Å². The standard InChI is InChI=1S/C24H35N3O3S/c1-4-13-31-14-5-11-27-22(28)20-15-21-19(10-12-30-21)26(20)16-24(27,3)23(29)25-18-8-6-17(2)7-9-18/h10,12,15,17-18H,4-9,11,13-14,16H2,1-3H3,(H,25,29)/t17?,18?,24-/m1/s1. The molecule has 7 heteroatoms. The Hall–Kier alpha value is -1.89. The van der Waals surface area contributed by atoms with Gasteiger partial charge in [-0.1, -0.05) is 13.8 Å². The topological polar surface area (TPSA) is 67.5 Å². The van der Waals surface area contributed by atoms with Gasteiger partial charge in [0.25, 0.3) is 5.91 Å². The Bertz CT molecular complexity index is 928. The van der Waals surface area contributed by atoms with Gasteiger partial charge in [-0.2, -0.15) is 11.8 Å². The molecule has 170 valence electrons. The predicted molar refractivity (Wildman–Crippen MR) is 125 cm³/mol. The summed E-state index contributed by atoms with van der Waals surface area (Å²) in [5.74, 6) is 2.75. The van der Waals surface area contributed by atoms with Crippen LogP contribution in [0.2, 0.25) is 0 Å². The molecular weight excluding hydrogens is 410 g/mol. The average Bonchev–Trinajstić information content (AvgIpc) is 3.34. The first kappa shape index (κ1) is 22.3. The maximum absolute atomic E-state index is 13.6. The van der Waals surface area contributed by atoms with E-state index in [9.17, 15) is 9.59 Å². The minimum atomic E-state index is -0.911. The summed E-state index contributed by atoms with van der Waals surface area (Å²) in [4.78, 5) is 29.0. The van der Waals surface area contributed by atoms with Crippen LogP contribution in [0.4, 0.5) is 0 Å². The number of rotatable bonds is 8. The lowest BCUT2D eigenvalue weighted by Gasteiger charge is -2.45. The van der Waals surface area contributed by atoms with Crippen molar-refractivity contribution in [3.05, 3.63) is 24.1 Å². The number of carbonyl (C=O) groups is 2. The van der Waals surface area contributed by atoms with Crippen molar-refractivity contribution in [2.24, 2.45) is 5.92 Å². The van der Waals surface area contributed by atoms with Gasteiger partial charge in [-0.05, 0) is 62.9 Å². The quantitative estimate of drug-likeness (QED) is 0.599. The van der Waals surface area contributed by atoms with E-state index in [1.165, 1.54) is 0 Å². The Labute approximate surface area is 189 Å². The highest BCUT2D eigenvalue weighted by molar-refractivity contribution is 7.99. The third kappa shape index (κ3) is 4.38. The molecule has 4 rings (SSSR count). The Kier molecular flexibility index (Phi) is 6.70. The average molecular weight is 446 g/mol. The number of carbonyl (C=O) groups excluding carboxylic acids is 2. The van der Waals surface area contributed by atoms with Crippen LogP contribution in [0.3, 0.4) is 0 Å². The fourth-order valence-electron chi connectivity index (χ4n) is 4.94. The summed E-state index contributed by atoms with van der Waals surface area (Å²) in [7, 11) is 0. The first-order valence-electron chi connectivity index (χ1n) is 11.7. The number of fused-ring (bicyclic) bond motifs is 3. The molecule has 0 saturated heterocycles. The van der Waals surface area contributed by atoms with Gasteiger partial charge in [0.15, 0.2) is 5.58 Å². The number of hydrogen-bond donors (Lipinski definition) is 1. The molecule has 2 aromatic heterocycles. The normalized spacial score (nSPS) is 26.3. The number of aromatic nitrogens is 1. The van der Waals surface area contributed by atoms with E-state index in [1.807, 2.05) is 40.3 Å². The number of furan rings is 1. The molecule has 3 heterocycles. The molecule has 0 radical (unpaired) electrons. The minimum Gasteiger partial charge on any atom is -0.463 e. The van der Waals surface area contributed by atoms with Crippen LogP contribution < -0.4 is 5.32 Å². The van der Waals surface area contributed by atoms with Gasteiger partial charge in [0.05, 0.1) is 18.3 Å². The first-order valence-corrected chi connectivity index (χ1v) is 12.9. The number of nitrogens with zero attached hydrogens (tertiary/aromatic N) is 2. The van der Waals surface area contributed by atoms with E-state index in [4.69, 9.17) is 4.42 Å².